The summed E-state index contributed by atoms with van der Waals surface area (Å²) in [6.45, 7) is 1.65. The summed E-state index contributed by atoms with van der Waals surface area (Å²) in [5.74, 6) is 0. The highest BCUT2D eigenvalue weighted by atomic mass is 35.5. The summed E-state index contributed by atoms with van der Waals surface area (Å²) in [4.78, 5) is 16.2. The van der Waals surface area contributed by atoms with Gasteiger partial charge in [-0.3, -0.25) is 4.57 Å². The van der Waals surface area contributed by atoms with E-state index in [9.17, 15) is 15.0 Å². The number of aliphatic hydroxyl groups is 1. The average Bonchev–Trinajstić information content (AvgIpc) is 2.99. The summed E-state index contributed by atoms with van der Waals surface area (Å²) in [5.41, 5.74) is 2.78. The molecule has 2 aromatic heterocycles. The van der Waals surface area contributed by atoms with Crippen LogP contribution >= 0.6 is 11.6 Å². The second-order valence-electron chi connectivity index (χ2n) is 6.14. The Hall–Kier alpha value is -2.89. The lowest BCUT2D eigenvalue weighted by molar-refractivity contribution is -0.249. The molecule has 130 valence electrons. The Balaban J connectivity index is 2.03. The summed E-state index contributed by atoms with van der Waals surface area (Å²) < 4.78 is 1.08. The zero-order valence-corrected chi connectivity index (χ0v) is 14.6. The molecule has 0 radical (unpaired) electrons. The lowest BCUT2D eigenvalue weighted by atomic mass is 10.1. The number of hydrogen-bond donors (Lipinski definition) is 1. The molecule has 2 heterocycles. The quantitative estimate of drug-likeness (QED) is 0.549. The SMILES string of the molecule is CC(O)c1ccc2c(c1)cc(-c1cc3ccccc3nc1Cl)n2C(=O)[O-]. The van der Waals surface area contributed by atoms with Crippen molar-refractivity contribution in [1.82, 2.24) is 9.55 Å². The Labute approximate surface area is 154 Å². The molecule has 6 heteroatoms. The van der Waals surface area contributed by atoms with Crippen LogP contribution in [0.25, 0.3) is 33.1 Å². The molecule has 0 saturated carbocycles. The van der Waals surface area contributed by atoms with Gasteiger partial charge in [0.2, 0.25) is 0 Å². The van der Waals surface area contributed by atoms with Gasteiger partial charge in [0, 0.05) is 16.3 Å². The van der Waals surface area contributed by atoms with Gasteiger partial charge in [-0.05, 0) is 42.8 Å². The third kappa shape index (κ3) is 2.62. The number of fused-ring (bicyclic) bond motifs is 2. The molecule has 0 amide bonds. The molecular weight excluding hydrogens is 352 g/mol. The maximum Gasteiger partial charge on any atom is 0.146 e. The van der Waals surface area contributed by atoms with E-state index in [1.165, 1.54) is 0 Å². The standard InChI is InChI=1S/C20H15ClN2O3/c1-11(24)12-6-7-17-14(8-12)10-18(23(17)20(25)26)15-9-13-4-2-3-5-16(13)22-19(15)21/h2-11,24H,1H3,(H,25,26)/p-1. The smallest absolute Gasteiger partial charge is 0.146 e. The number of carboxylic acid groups (broad SMARTS) is 1. The molecular formula is C20H14ClN2O3-. The third-order valence-corrected chi connectivity index (χ3v) is 4.73. The maximum absolute atomic E-state index is 11.8. The van der Waals surface area contributed by atoms with E-state index in [-0.39, 0.29) is 5.15 Å². The first-order chi connectivity index (χ1) is 12.5. The molecule has 0 saturated heterocycles. The number of pyridine rings is 1. The minimum absolute atomic E-state index is 0.213. The molecule has 0 aliphatic rings. The monoisotopic (exact) mass is 365 g/mol. The van der Waals surface area contributed by atoms with Crippen molar-refractivity contribution in [2.45, 2.75) is 13.0 Å². The molecule has 0 aliphatic carbocycles. The van der Waals surface area contributed by atoms with Crippen molar-refractivity contribution in [3.05, 3.63) is 65.3 Å². The number of aromatic nitrogens is 2. The minimum atomic E-state index is -1.36. The summed E-state index contributed by atoms with van der Waals surface area (Å²) in [6.07, 6.45) is -2.01. The number of benzene rings is 2. The van der Waals surface area contributed by atoms with Gasteiger partial charge in [0.05, 0.1) is 22.8 Å². The fraction of sp³-hybridized carbons (Fsp3) is 0.100. The van der Waals surface area contributed by atoms with Crippen LogP contribution in [0.15, 0.2) is 54.6 Å². The van der Waals surface area contributed by atoms with Crippen molar-refractivity contribution in [2.75, 3.05) is 0 Å². The first-order valence-corrected chi connectivity index (χ1v) is 8.44. The van der Waals surface area contributed by atoms with Crippen molar-refractivity contribution in [1.29, 1.82) is 0 Å². The Morgan fingerprint density at radius 1 is 1.15 bits per heavy atom. The summed E-state index contributed by atoms with van der Waals surface area (Å²) >= 11 is 6.35. The van der Waals surface area contributed by atoms with Gasteiger partial charge < -0.3 is 15.0 Å². The molecule has 1 N–H and O–H groups in total. The van der Waals surface area contributed by atoms with Gasteiger partial charge in [0.25, 0.3) is 0 Å². The van der Waals surface area contributed by atoms with Gasteiger partial charge in [-0.15, -0.1) is 0 Å². The molecule has 0 spiro atoms. The highest BCUT2D eigenvalue weighted by molar-refractivity contribution is 6.32. The van der Waals surface area contributed by atoms with Crippen LogP contribution in [0.1, 0.15) is 18.6 Å². The van der Waals surface area contributed by atoms with Crippen molar-refractivity contribution in [3.63, 3.8) is 0 Å². The van der Waals surface area contributed by atoms with E-state index in [1.54, 1.807) is 31.2 Å². The van der Waals surface area contributed by atoms with Crippen LogP contribution in [0.3, 0.4) is 0 Å². The molecule has 1 atom stereocenters. The van der Waals surface area contributed by atoms with Crippen LogP contribution in [-0.2, 0) is 0 Å². The predicted molar refractivity (Wildman–Crippen MR) is 99.1 cm³/mol. The van der Waals surface area contributed by atoms with Crippen LogP contribution < -0.4 is 5.11 Å². The van der Waals surface area contributed by atoms with Gasteiger partial charge in [0.15, 0.2) is 0 Å². The Morgan fingerprint density at radius 2 is 1.92 bits per heavy atom. The van der Waals surface area contributed by atoms with E-state index < -0.39 is 12.2 Å². The van der Waals surface area contributed by atoms with Crippen LogP contribution in [0.5, 0.6) is 0 Å². The second-order valence-corrected chi connectivity index (χ2v) is 6.50. The molecule has 4 rings (SSSR count). The predicted octanol–water partition coefficient (Wildman–Crippen LogP) is 3.75. The number of nitrogens with zero attached hydrogens (tertiary/aromatic N) is 2. The van der Waals surface area contributed by atoms with Gasteiger partial charge in [-0.1, -0.05) is 35.9 Å². The van der Waals surface area contributed by atoms with Gasteiger partial charge in [-0.2, -0.15) is 0 Å². The van der Waals surface area contributed by atoms with Crippen LogP contribution in [0, 0.1) is 0 Å². The van der Waals surface area contributed by atoms with Crippen molar-refractivity contribution >= 4 is 39.5 Å². The Kier molecular flexibility index (Phi) is 3.90. The first-order valence-electron chi connectivity index (χ1n) is 8.06. The summed E-state index contributed by atoms with van der Waals surface area (Å²) in [7, 11) is 0. The van der Waals surface area contributed by atoms with E-state index in [2.05, 4.69) is 4.98 Å². The number of carbonyl (C=O) groups is 1. The third-order valence-electron chi connectivity index (χ3n) is 4.44. The minimum Gasteiger partial charge on any atom is -0.529 e. The lowest BCUT2D eigenvalue weighted by Crippen LogP contribution is -2.29. The van der Waals surface area contributed by atoms with Gasteiger partial charge in [0.1, 0.15) is 11.2 Å². The van der Waals surface area contributed by atoms with E-state index in [1.807, 2.05) is 30.3 Å². The maximum atomic E-state index is 11.8. The number of carbonyl (C=O) groups excluding carboxylic acids is 1. The topological polar surface area (TPSA) is 78.2 Å². The van der Waals surface area contributed by atoms with E-state index >= 15 is 0 Å². The van der Waals surface area contributed by atoms with Gasteiger partial charge in [-0.25, -0.2) is 4.98 Å². The number of aliphatic hydroxyl groups excluding tert-OH is 1. The Bertz CT molecular complexity index is 1160. The fourth-order valence-electron chi connectivity index (χ4n) is 3.16. The summed E-state index contributed by atoms with van der Waals surface area (Å²) in [5, 5.41) is 23.3. The molecule has 1 unspecified atom stereocenters. The molecule has 5 nitrogen and oxygen atoms in total. The van der Waals surface area contributed by atoms with E-state index in [0.29, 0.717) is 27.7 Å². The average molecular weight is 366 g/mol. The molecule has 2 aromatic carbocycles. The van der Waals surface area contributed by atoms with Crippen molar-refractivity contribution < 1.29 is 15.0 Å². The fourth-order valence-corrected chi connectivity index (χ4v) is 3.40. The van der Waals surface area contributed by atoms with Crippen molar-refractivity contribution in [2.24, 2.45) is 0 Å². The lowest BCUT2D eigenvalue weighted by Gasteiger charge is -2.13. The summed E-state index contributed by atoms with van der Waals surface area (Å²) in [6, 6.07) is 16.1. The highest BCUT2D eigenvalue weighted by Crippen LogP contribution is 2.34. The number of hydrogen-bond acceptors (Lipinski definition) is 4. The first kappa shape index (κ1) is 16.6. The molecule has 0 bridgehead atoms. The Morgan fingerprint density at radius 3 is 2.65 bits per heavy atom. The molecule has 0 fully saturated rings. The van der Waals surface area contributed by atoms with E-state index in [0.717, 1.165) is 15.5 Å². The number of para-hydroxylation sites is 1. The normalized spacial score (nSPS) is 12.6. The largest absolute Gasteiger partial charge is 0.529 e. The van der Waals surface area contributed by atoms with Crippen LogP contribution in [0.4, 0.5) is 4.79 Å². The molecule has 4 aromatic rings. The highest BCUT2D eigenvalue weighted by Gasteiger charge is 2.16. The number of halogens is 1. The zero-order valence-electron chi connectivity index (χ0n) is 13.8. The molecule has 26 heavy (non-hydrogen) atoms. The molecule has 0 aliphatic heterocycles. The van der Waals surface area contributed by atoms with E-state index in [4.69, 9.17) is 11.6 Å². The zero-order chi connectivity index (χ0) is 18.4. The van der Waals surface area contributed by atoms with Crippen molar-refractivity contribution in [3.8, 4) is 11.3 Å². The van der Waals surface area contributed by atoms with Crippen LogP contribution in [-0.4, -0.2) is 20.8 Å². The van der Waals surface area contributed by atoms with Crippen LogP contribution in [0.2, 0.25) is 5.15 Å². The van der Waals surface area contributed by atoms with Gasteiger partial charge >= 0.3 is 0 Å². The second kappa shape index (κ2) is 6.12. The number of rotatable bonds is 2.